The van der Waals surface area contributed by atoms with Crippen molar-refractivity contribution in [1.82, 2.24) is 0 Å². The van der Waals surface area contributed by atoms with Crippen LogP contribution in [0.15, 0.2) is 0 Å². The predicted octanol–water partition coefficient (Wildman–Crippen LogP) is 5.43. The molecule has 0 amide bonds. The van der Waals surface area contributed by atoms with Crippen LogP contribution < -0.4 is 0 Å². The van der Waals surface area contributed by atoms with E-state index in [1.165, 1.54) is 6.04 Å². The van der Waals surface area contributed by atoms with Gasteiger partial charge in [-0.05, 0) is 84.1 Å². The van der Waals surface area contributed by atoms with Gasteiger partial charge in [-0.15, -0.1) is 0 Å². The van der Waals surface area contributed by atoms with Gasteiger partial charge in [0.2, 0.25) is 0 Å². The average molecular weight is 470 g/mol. The number of hydrogen-bond acceptors (Lipinski definition) is 4. The van der Waals surface area contributed by atoms with Gasteiger partial charge < -0.3 is 16.5 Å². The fourth-order valence-electron chi connectivity index (χ4n) is 2.59. The van der Waals surface area contributed by atoms with Crippen LogP contribution in [0.2, 0.25) is 90.1 Å². The molecule has 0 aromatic carbocycles. The van der Waals surface area contributed by atoms with Gasteiger partial charge in [-0.1, -0.05) is 13.3 Å². The summed E-state index contributed by atoms with van der Waals surface area (Å²) in [4.78, 5) is 0. The Hall–Kier alpha value is 1.14. The minimum Gasteiger partial charge on any atom is -0.460 e. The minimum absolute atomic E-state index is 0.440. The van der Waals surface area contributed by atoms with E-state index in [1.807, 2.05) is 0 Å². The van der Waals surface area contributed by atoms with Crippen LogP contribution in [0, 0.1) is 6.92 Å². The van der Waals surface area contributed by atoms with Gasteiger partial charge >= 0.3 is 8.80 Å². The first-order valence-corrected chi connectivity index (χ1v) is 26.8. The first-order valence-electron chi connectivity index (χ1n) is 9.92. The molecule has 0 saturated heterocycles. The van der Waals surface area contributed by atoms with Crippen LogP contribution in [-0.4, -0.2) is 51.8 Å². The Labute approximate surface area is 171 Å². The highest BCUT2D eigenvalue weighted by Crippen LogP contribution is 2.32. The number of hydrogen-bond donors (Lipinski definition) is 0. The molecule has 10 heteroatoms. The van der Waals surface area contributed by atoms with Gasteiger partial charge in [0, 0.05) is 6.04 Å². The minimum atomic E-state index is -2.72. The van der Waals surface area contributed by atoms with E-state index in [0.717, 1.165) is 18.5 Å². The third-order valence-corrected chi connectivity index (χ3v) is 21.9. The van der Waals surface area contributed by atoms with E-state index in [1.54, 1.807) is 0 Å². The SMILES string of the molecule is [CH2]CC[SiH2]O[Si](C)(C)CC[Si](O[Si](C)(C)C)(O[Si](C)(C)C)O[Si](C)(C)C. The van der Waals surface area contributed by atoms with E-state index < -0.39 is 51.8 Å². The van der Waals surface area contributed by atoms with Crippen LogP contribution in [0.5, 0.6) is 0 Å². The molecule has 0 aliphatic carbocycles. The van der Waals surface area contributed by atoms with Crippen molar-refractivity contribution in [1.29, 1.82) is 0 Å². The maximum absolute atomic E-state index is 6.77. The van der Waals surface area contributed by atoms with Crippen LogP contribution in [0.4, 0.5) is 0 Å². The van der Waals surface area contributed by atoms with E-state index in [9.17, 15) is 0 Å². The third-order valence-electron chi connectivity index (χ3n) is 3.31. The Morgan fingerprint density at radius 1 is 0.654 bits per heavy atom. The highest BCUT2D eigenvalue weighted by molar-refractivity contribution is 6.90. The highest BCUT2D eigenvalue weighted by atomic mass is 28.5. The lowest BCUT2D eigenvalue weighted by atomic mass is 10.6. The Balaban J connectivity index is 5.50. The molecule has 4 nitrogen and oxygen atoms in total. The van der Waals surface area contributed by atoms with Crippen LogP contribution in [0.25, 0.3) is 0 Å². The molecule has 0 bridgehead atoms. The van der Waals surface area contributed by atoms with E-state index in [4.69, 9.17) is 16.5 Å². The van der Waals surface area contributed by atoms with Gasteiger partial charge in [-0.2, -0.15) is 0 Å². The van der Waals surface area contributed by atoms with Crippen LogP contribution in [-0.2, 0) is 16.5 Å². The molecule has 0 N–H and O–H groups in total. The van der Waals surface area contributed by atoms with Crippen LogP contribution >= 0.6 is 0 Å². The van der Waals surface area contributed by atoms with Gasteiger partial charge in [-0.3, -0.25) is 0 Å². The molecule has 0 fully saturated rings. The fraction of sp³-hybridized carbons (Fsp3) is 0.938. The van der Waals surface area contributed by atoms with Gasteiger partial charge in [0.05, 0.1) is 0 Å². The maximum atomic E-state index is 6.77. The Morgan fingerprint density at radius 2 is 1.04 bits per heavy atom. The summed E-state index contributed by atoms with van der Waals surface area (Å²) in [6.45, 7) is 28.8. The molecule has 0 rings (SSSR count). The first-order chi connectivity index (χ1) is 11.4. The molecule has 0 saturated carbocycles. The molecule has 0 atom stereocenters. The Morgan fingerprint density at radius 3 is 1.35 bits per heavy atom. The van der Waals surface area contributed by atoms with Crippen molar-refractivity contribution in [2.45, 2.75) is 96.6 Å². The summed E-state index contributed by atoms with van der Waals surface area (Å²) in [6.07, 6.45) is 0.992. The fourth-order valence-corrected chi connectivity index (χ4v) is 23.8. The molecule has 0 aliphatic rings. The molecule has 0 aromatic rings. The molecule has 0 unspecified atom stereocenters. The van der Waals surface area contributed by atoms with E-state index in [0.29, 0.717) is 0 Å². The van der Waals surface area contributed by atoms with Crippen molar-refractivity contribution in [3.63, 3.8) is 0 Å². The lowest BCUT2D eigenvalue weighted by molar-refractivity contribution is 0.253. The zero-order chi connectivity index (χ0) is 20.9. The molecule has 0 heterocycles. The smallest absolute Gasteiger partial charge is 0.460 e. The molecule has 1 radical (unpaired) electrons. The van der Waals surface area contributed by atoms with Gasteiger partial charge in [0.15, 0.2) is 33.3 Å². The van der Waals surface area contributed by atoms with E-state index >= 15 is 0 Å². The Kier molecular flexibility index (Phi) is 10.7. The van der Waals surface area contributed by atoms with Gasteiger partial charge in [0.1, 0.15) is 9.76 Å². The molecule has 0 aromatic heterocycles. The van der Waals surface area contributed by atoms with Crippen LogP contribution in [0.3, 0.4) is 0 Å². The quantitative estimate of drug-likeness (QED) is 0.266. The lowest BCUT2D eigenvalue weighted by Gasteiger charge is -2.43. The average Bonchev–Trinajstić information content (AvgIpc) is 2.30. The summed E-state index contributed by atoms with van der Waals surface area (Å²) in [5.74, 6) is 0. The lowest BCUT2D eigenvalue weighted by Crippen LogP contribution is -2.61. The largest absolute Gasteiger partial charge is 0.469 e. The summed E-state index contributed by atoms with van der Waals surface area (Å²) < 4.78 is 26.7. The summed E-state index contributed by atoms with van der Waals surface area (Å²) in [5.41, 5.74) is 0. The zero-order valence-corrected chi connectivity index (χ0v) is 25.8. The predicted molar refractivity (Wildman–Crippen MR) is 131 cm³/mol. The second kappa shape index (κ2) is 10.3. The molecule has 157 valence electrons. The van der Waals surface area contributed by atoms with Crippen LogP contribution in [0.1, 0.15) is 6.42 Å². The normalized spacial score (nSPS) is 15.2. The highest BCUT2D eigenvalue weighted by Gasteiger charge is 2.50. The van der Waals surface area contributed by atoms with Crippen molar-refractivity contribution < 1.29 is 16.5 Å². The number of rotatable bonds is 13. The molecular formula is C16H45O4Si6. The standard InChI is InChI=1S/C16H45O4Si6/c1-13-14-21-17-25(11,12)15-16-26(18-22(2,3)4,19-23(5,6)7)20-24(8,9)10/h1,13-16,21H2,2-12H3. The van der Waals surface area contributed by atoms with Crippen molar-refractivity contribution in [3.05, 3.63) is 6.92 Å². The monoisotopic (exact) mass is 469 g/mol. The first kappa shape index (κ1) is 27.1. The van der Waals surface area contributed by atoms with Gasteiger partial charge in [0.25, 0.3) is 0 Å². The third kappa shape index (κ3) is 14.2. The summed E-state index contributed by atoms with van der Waals surface area (Å²) >= 11 is 0. The molecule has 26 heavy (non-hydrogen) atoms. The second-order valence-corrected chi connectivity index (χ2v) is 33.9. The van der Waals surface area contributed by atoms with E-state index in [2.05, 4.69) is 78.9 Å². The second-order valence-electron chi connectivity index (χ2n) is 10.6. The van der Waals surface area contributed by atoms with Crippen molar-refractivity contribution >= 4 is 51.8 Å². The summed E-state index contributed by atoms with van der Waals surface area (Å²) in [5, 5.41) is 0. The van der Waals surface area contributed by atoms with E-state index in [-0.39, 0.29) is 0 Å². The Bertz CT molecular complexity index is 372. The molecule has 0 spiro atoms. The molecule has 0 aliphatic heterocycles. The summed E-state index contributed by atoms with van der Waals surface area (Å²) in [7, 11) is -10.2. The zero-order valence-electron chi connectivity index (χ0n) is 19.4. The van der Waals surface area contributed by atoms with Crippen molar-refractivity contribution in [2.75, 3.05) is 0 Å². The molecular weight excluding hydrogens is 425 g/mol. The van der Waals surface area contributed by atoms with Gasteiger partial charge in [-0.25, -0.2) is 0 Å². The summed E-state index contributed by atoms with van der Waals surface area (Å²) in [6, 6.07) is 3.13. The topological polar surface area (TPSA) is 36.9 Å². The van der Waals surface area contributed by atoms with Crippen molar-refractivity contribution in [2.24, 2.45) is 0 Å². The maximum Gasteiger partial charge on any atom is 0.469 e. The van der Waals surface area contributed by atoms with Crippen molar-refractivity contribution in [3.8, 4) is 0 Å².